The average Bonchev–Trinajstić information content (AvgIpc) is 3.11. The van der Waals surface area contributed by atoms with Crippen LogP contribution in [0, 0.1) is 17.2 Å². The van der Waals surface area contributed by atoms with Crippen molar-refractivity contribution in [3.63, 3.8) is 0 Å². The van der Waals surface area contributed by atoms with Gasteiger partial charge in [-0.2, -0.15) is 0 Å². The van der Waals surface area contributed by atoms with Crippen LogP contribution in [0.5, 0.6) is 0 Å². The van der Waals surface area contributed by atoms with Crippen LogP contribution in [0.2, 0.25) is 0 Å². The average molecular weight is 287 g/mol. The standard InChI is InChI=1S/C18H22FNO/c1-13(2)18(9-10-18)12-20-11-16-7-8-17(21-16)14-3-5-15(19)6-4-14/h3-8,13,20H,9-12H2,1-2H3. The summed E-state index contributed by atoms with van der Waals surface area (Å²) in [5.41, 5.74) is 1.41. The van der Waals surface area contributed by atoms with Gasteiger partial charge in [-0.05, 0) is 60.6 Å². The lowest BCUT2D eigenvalue weighted by Crippen LogP contribution is -2.27. The van der Waals surface area contributed by atoms with E-state index in [1.54, 1.807) is 12.1 Å². The molecule has 1 aliphatic rings. The predicted molar refractivity (Wildman–Crippen MR) is 82.3 cm³/mol. The minimum atomic E-state index is -0.226. The number of hydrogen-bond acceptors (Lipinski definition) is 2. The van der Waals surface area contributed by atoms with Crippen LogP contribution in [0.3, 0.4) is 0 Å². The smallest absolute Gasteiger partial charge is 0.134 e. The van der Waals surface area contributed by atoms with Crippen LogP contribution in [0.15, 0.2) is 40.8 Å². The van der Waals surface area contributed by atoms with Crippen LogP contribution >= 0.6 is 0 Å². The van der Waals surface area contributed by atoms with E-state index in [1.807, 2.05) is 12.1 Å². The molecular weight excluding hydrogens is 265 g/mol. The largest absolute Gasteiger partial charge is 0.460 e. The summed E-state index contributed by atoms with van der Waals surface area (Å²) in [4.78, 5) is 0. The Hall–Kier alpha value is -1.61. The summed E-state index contributed by atoms with van der Waals surface area (Å²) in [6, 6.07) is 10.3. The number of furan rings is 1. The van der Waals surface area contributed by atoms with Gasteiger partial charge in [0.15, 0.2) is 0 Å². The summed E-state index contributed by atoms with van der Waals surface area (Å²) in [5, 5.41) is 3.51. The van der Waals surface area contributed by atoms with E-state index < -0.39 is 0 Å². The van der Waals surface area contributed by atoms with Crippen LogP contribution in [0.25, 0.3) is 11.3 Å². The molecule has 0 bridgehead atoms. The molecule has 1 N–H and O–H groups in total. The second-order valence-corrected chi connectivity index (χ2v) is 6.39. The highest BCUT2D eigenvalue weighted by Gasteiger charge is 2.44. The molecule has 2 aromatic rings. The Morgan fingerprint density at radius 2 is 1.86 bits per heavy atom. The lowest BCUT2D eigenvalue weighted by molar-refractivity contribution is 0.331. The number of hydrogen-bond donors (Lipinski definition) is 1. The molecule has 112 valence electrons. The second kappa shape index (κ2) is 5.64. The highest BCUT2D eigenvalue weighted by atomic mass is 19.1. The van der Waals surface area contributed by atoms with Crippen LogP contribution < -0.4 is 5.32 Å². The fourth-order valence-electron chi connectivity index (χ4n) is 2.80. The van der Waals surface area contributed by atoms with Gasteiger partial charge in [0.2, 0.25) is 0 Å². The van der Waals surface area contributed by atoms with Crippen molar-refractivity contribution in [3.05, 3.63) is 48.0 Å². The zero-order valence-corrected chi connectivity index (χ0v) is 12.7. The van der Waals surface area contributed by atoms with Crippen molar-refractivity contribution in [3.8, 4) is 11.3 Å². The molecular formula is C18H22FNO. The molecule has 1 aliphatic carbocycles. The maximum absolute atomic E-state index is 12.9. The lowest BCUT2D eigenvalue weighted by atomic mass is 9.92. The molecule has 1 aromatic carbocycles. The first-order valence-electron chi connectivity index (χ1n) is 7.64. The minimum absolute atomic E-state index is 0.226. The summed E-state index contributed by atoms with van der Waals surface area (Å²) in [6.07, 6.45) is 2.66. The van der Waals surface area contributed by atoms with Crippen LogP contribution in [0.1, 0.15) is 32.4 Å². The SMILES string of the molecule is CC(C)C1(CNCc2ccc(-c3ccc(F)cc3)o2)CC1. The van der Waals surface area contributed by atoms with Crippen molar-refractivity contribution in [1.29, 1.82) is 0 Å². The molecule has 0 unspecified atom stereocenters. The van der Waals surface area contributed by atoms with Crippen LogP contribution in [-0.2, 0) is 6.54 Å². The number of benzene rings is 1. The third-order valence-corrected chi connectivity index (χ3v) is 4.68. The molecule has 0 saturated heterocycles. The van der Waals surface area contributed by atoms with Gasteiger partial charge in [0, 0.05) is 12.1 Å². The fourth-order valence-corrected chi connectivity index (χ4v) is 2.80. The first kappa shape index (κ1) is 14.3. The third-order valence-electron chi connectivity index (χ3n) is 4.68. The van der Waals surface area contributed by atoms with E-state index in [0.29, 0.717) is 5.41 Å². The molecule has 0 aliphatic heterocycles. The maximum atomic E-state index is 12.9. The van der Waals surface area contributed by atoms with E-state index in [1.165, 1.54) is 25.0 Å². The molecule has 0 spiro atoms. The molecule has 3 rings (SSSR count). The number of nitrogens with one attached hydrogen (secondary N) is 1. The Balaban J connectivity index is 1.57. The Morgan fingerprint density at radius 1 is 1.14 bits per heavy atom. The van der Waals surface area contributed by atoms with Crippen LogP contribution in [-0.4, -0.2) is 6.54 Å². The highest BCUT2D eigenvalue weighted by Crippen LogP contribution is 2.51. The monoisotopic (exact) mass is 287 g/mol. The van der Waals surface area contributed by atoms with E-state index in [0.717, 1.165) is 36.1 Å². The van der Waals surface area contributed by atoms with Crippen molar-refractivity contribution >= 4 is 0 Å². The van der Waals surface area contributed by atoms with Gasteiger partial charge in [-0.3, -0.25) is 0 Å². The molecule has 2 nitrogen and oxygen atoms in total. The molecule has 0 radical (unpaired) electrons. The Kier molecular flexibility index (Phi) is 3.85. The summed E-state index contributed by atoms with van der Waals surface area (Å²) in [7, 11) is 0. The van der Waals surface area contributed by atoms with Gasteiger partial charge >= 0.3 is 0 Å². The molecule has 1 aromatic heterocycles. The summed E-state index contributed by atoms with van der Waals surface area (Å²) < 4.78 is 18.7. The molecule has 1 heterocycles. The highest BCUT2D eigenvalue weighted by molar-refractivity contribution is 5.57. The molecule has 1 saturated carbocycles. The van der Waals surface area contributed by atoms with Crippen molar-refractivity contribution in [2.24, 2.45) is 11.3 Å². The Bertz CT molecular complexity index is 596. The topological polar surface area (TPSA) is 25.2 Å². The van der Waals surface area contributed by atoms with Crippen LogP contribution in [0.4, 0.5) is 4.39 Å². The molecule has 0 atom stereocenters. The third kappa shape index (κ3) is 3.18. The van der Waals surface area contributed by atoms with Gasteiger partial charge in [-0.1, -0.05) is 13.8 Å². The second-order valence-electron chi connectivity index (χ2n) is 6.39. The number of rotatable bonds is 6. The van der Waals surface area contributed by atoms with Gasteiger partial charge < -0.3 is 9.73 Å². The van der Waals surface area contributed by atoms with Gasteiger partial charge in [-0.15, -0.1) is 0 Å². The van der Waals surface area contributed by atoms with Crippen molar-refractivity contribution in [2.45, 2.75) is 33.2 Å². The van der Waals surface area contributed by atoms with Gasteiger partial charge in [0.25, 0.3) is 0 Å². The number of halogens is 1. The summed E-state index contributed by atoms with van der Waals surface area (Å²) >= 11 is 0. The zero-order valence-electron chi connectivity index (χ0n) is 12.7. The zero-order chi connectivity index (χ0) is 14.9. The summed E-state index contributed by atoms with van der Waals surface area (Å²) in [5.74, 6) is 2.22. The van der Waals surface area contributed by atoms with Gasteiger partial charge in [0.1, 0.15) is 17.3 Å². The predicted octanol–water partition coefficient (Wildman–Crippen LogP) is 4.61. The Morgan fingerprint density at radius 3 is 2.48 bits per heavy atom. The van der Waals surface area contributed by atoms with Gasteiger partial charge in [0.05, 0.1) is 6.54 Å². The Labute approximate surface area is 125 Å². The molecule has 3 heteroatoms. The fraction of sp³-hybridized carbons (Fsp3) is 0.444. The first-order valence-corrected chi connectivity index (χ1v) is 7.64. The molecule has 0 amide bonds. The van der Waals surface area contributed by atoms with Gasteiger partial charge in [-0.25, -0.2) is 4.39 Å². The van der Waals surface area contributed by atoms with E-state index in [2.05, 4.69) is 19.2 Å². The van der Waals surface area contributed by atoms with E-state index in [9.17, 15) is 4.39 Å². The quantitative estimate of drug-likeness (QED) is 0.839. The molecule has 21 heavy (non-hydrogen) atoms. The van der Waals surface area contributed by atoms with Crippen molar-refractivity contribution in [1.82, 2.24) is 5.32 Å². The maximum Gasteiger partial charge on any atom is 0.134 e. The normalized spacial score (nSPS) is 16.4. The van der Waals surface area contributed by atoms with E-state index in [-0.39, 0.29) is 5.82 Å². The summed E-state index contributed by atoms with van der Waals surface area (Å²) in [6.45, 7) is 6.40. The lowest BCUT2D eigenvalue weighted by Gasteiger charge is -2.19. The molecule has 1 fully saturated rings. The van der Waals surface area contributed by atoms with E-state index >= 15 is 0 Å². The van der Waals surface area contributed by atoms with E-state index in [4.69, 9.17) is 4.42 Å². The van der Waals surface area contributed by atoms with Crippen molar-refractivity contribution in [2.75, 3.05) is 6.54 Å². The minimum Gasteiger partial charge on any atom is -0.460 e. The first-order chi connectivity index (χ1) is 10.1. The van der Waals surface area contributed by atoms with Crippen molar-refractivity contribution < 1.29 is 8.81 Å².